The van der Waals surface area contributed by atoms with Gasteiger partial charge in [-0.2, -0.15) is 0 Å². The molecule has 0 saturated heterocycles. The summed E-state index contributed by atoms with van der Waals surface area (Å²) < 4.78 is 5.02. The molecule has 4 heteroatoms. The number of carbonyl (C=O) groups is 1. The maximum absolute atomic E-state index is 11.9. The van der Waals surface area contributed by atoms with Crippen LogP contribution in [0.25, 0.3) is 0 Å². The highest BCUT2D eigenvalue weighted by atomic mass is 16.5. The molecule has 2 N–H and O–H groups in total. The van der Waals surface area contributed by atoms with Gasteiger partial charge in [0.15, 0.2) is 0 Å². The number of nitrogens with one attached hydrogen (secondary N) is 1. The zero-order valence-corrected chi connectivity index (χ0v) is 12.5. The molecule has 1 amide bonds. The van der Waals surface area contributed by atoms with Gasteiger partial charge >= 0.3 is 0 Å². The van der Waals surface area contributed by atoms with Crippen molar-refractivity contribution in [2.24, 2.45) is 11.3 Å². The van der Waals surface area contributed by atoms with E-state index in [2.05, 4.69) is 33.0 Å². The summed E-state index contributed by atoms with van der Waals surface area (Å²) >= 11 is 0. The quantitative estimate of drug-likeness (QED) is 0.700. The summed E-state index contributed by atoms with van der Waals surface area (Å²) in [5, 5.41) is 11.8. The maximum atomic E-state index is 11.9. The Hall–Kier alpha value is -0.610. The molecule has 0 spiro atoms. The molecule has 0 aliphatic heterocycles. The molecule has 4 nitrogen and oxygen atoms in total. The largest absolute Gasteiger partial charge is 0.396 e. The van der Waals surface area contributed by atoms with Crippen LogP contribution in [0.15, 0.2) is 0 Å². The van der Waals surface area contributed by atoms with Gasteiger partial charge in [-0.3, -0.25) is 4.79 Å². The molecule has 0 aromatic carbocycles. The third-order valence-corrected chi connectivity index (χ3v) is 2.71. The second-order valence-corrected chi connectivity index (χ2v) is 6.31. The number of carbonyl (C=O) groups excluding carboxylic acids is 1. The van der Waals surface area contributed by atoms with Crippen LogP contribution in [0, 0.1) is 11.3 Å². The molecule has 0 rings (SSSR count). The third-order valence-electron chi connectivity index (χ3n) is 2.71. The van der Waals surface area contributed by atoms with Gasteiger partial charge in [-0.25, -0.2) is 0 Å². The Balaban J connectivity index is 4.07. The van der Waals surface area contributed by atoms with Crippen molar-refractivity contribution in [1.82, 2.24) is 5.32 Å². The van der Waals surface area contributed by atoms with Crippen molar-refractivity contribution in [3.8, 4) is 0 Å². The number of ether oxygens (including phenoxy) is 1. The van der Waals surface area contributed by atoms with Crippen molar-refractivity contribution in [2.75, 3.05) is 20.3 Å². The highest BCUT2D eigenvalue weighted by Gasteiger charge is 2.19. The van der Waals surface area contributed by atoms with Gasteiger partial charge in [-0.1, -0.05) is 27.7 Å². The predicted octanol–water partition coefficient (Wildman–Crippen LogP) is 1.96. The van der Waals surface area contributed by atoms with Crippen LogP contribution in [0.4, 0.5) is 0 Å². The molecule has 0 bridgehead atoms. The SMILES string of the molecule is COCC(CCO)NC(=O)CC(C)CC(C)(C)C. The summed E-state index contributed by atoms with van der Waals surface area (Å²) in [6.45, 7) is 9.15. The van der Waals surface area contributed by atoms with Crippen LogP contribution >= 0.6 is 0 Å². The van der Waals surface area contributed by atoms with Gasteiger partial charge < -0.3 is 15.2 Å². The number of amides is 1. The van der Waals surface area contributed by atoms with Crippen LogP contribution in [0.5, 0.6) is 0 Å². The normalized spacial score (nSPS) is 15.2. The maximum Gasteiger partial charge on any atom is 0.220 e. The molecule has 0 aromatic rings. The Bertz CT molecular complexity index is 230. The Labute approximate surface area is 111 Å². The first-order valence-corrected chi connectivity index (χ1v) is 6.67. The molecular formula is C14H29NO3. The van der Waals surface area contributed by atoms with E-state index in [-0.39, 0.29) is 24.0 Å². The summed E-state index contributed by atoms with van der Waals surface area (Å²) in [5.41, 5.74) is 0.247. The topological polar surface area (TPSA) is 58.6 Å². The summed E-state index contributed by atoms with van der Waals surface area (Å²) in [5.74, 6) is 0.407. The fourth-order valence-corrected chi connectivity index (χ4v) is 2.27. The summed E-state index contributed by atoms with van der Waals surface area (Å²) in [4.78, 5) is 11.9. The Kier molecular flexibility index (Phi) is 8.20. The van der Waals surface area contributed by atoms with Gasteiger partial charge in [0.05, 0.1) is 12.6 Å². The molecule has 0 aromatic heterocycles. The predicted molar refractivity (Wildman–Crippen MR) is 73.4 cm³/mol. The number of hydrogen-bond acceptors (Lipinski definition) is 3. The van der Waals surface area contributed by atoms with E-state index in [9.17, 15) is 4.79 Å². The minimum Gasteiger partial charge on any atom is -0.396 e. The number of hydrogen-bond donors (Lipinski definition) is 2. The molecule has 18 heavy (non-hydrogen) atoms. The molecule has 0 heterocycles. The molecule has 2 atom stereocenters. The number of methoxy groups -OCH3 is 1. The first-order valence-electron chi connectivity index (χ1n) is 6.67. The van der Waals surface area contributed by atoms with E-state index in [0.717, 1.165) is 6.42 Å². The van der Waals surface area contributed by atoms with E-state index >= 15 is 0 Å². The minimum absolute atomic E-state index is 0.0438. The second-order valence-electron chi connectivity index (χ2n) is 6.31. The van der Waals surface area contributed by atoms with Crippen LogP contribution in [0.3, 0.4) is 0 Å². The molecule has 0 aliphatic carbocycles. The van der Waals surface area contributed by atoms with E-state index in [1.54, 1.807) is 7.11 Å². The van der Waals surface area contributed by atoms with E-state index in [1.165, 1.54) is 0 Å². The zero-order chi connectivity index (χ0) is 14.2. The monoisotopic (exact) mass is 259 g/mol. The van der Waals surface area contributed by atoms with E-state index in [4.69, 9.17) is 9.84 Å². The highest BCUT2D eigenvalue weighted by molar-refractivity contribution is 5.76. The van der Waals surface area contributed by atoms with E-state index in [1.807, 2.05) is 0 Å². The molecular weight excluding hydrogens is 230 g/mol. The van der Waals surface area contributed by atoms with Gasteiger partial charge in [0.25, 0.3) is 0 Å². The van der Waals surface area contributed by atoms with Gasteiger partial charge in [-0.05, 0) is 24.2 Å². The molecule has 108 valence electrons. The molecule has 0 fully saturated rings. The number of aliphatic hydroxyl groups excluding tert-OH is 1. The first kappa shape index (κ1) is 17.4. The lowest BCUT2D eigenvalue weighted by atomic mass is 9.84. The lowest BCUT2D eigenvalue weighted by Crippen LogP contribution is -2.39. The van der Waals surface area contributed by atoms with Gasteiger partial charge in [0.1, 0.15) is 0 Å². The third kappa shape index (κ3) is 9.42. The van der Waals surface area contributed by atoms with E-state index in [0.29, 0.717) is 25.4 Å². The number of rotatable bonds is 8. The molecule has 0 radical (unpaired) electrons. The van der Waals surface area contributed by atoms with Crippen LogP contribution in [0.1, 0.15) is 47.0 Å². The summed E-state index contributed by atoms with van der Waals surface area (Å²) in [6.07, 6.45) is 2.09. The smallest absolute Gasteiger partial charge is 0.220 e. The molecule has 2 unspecified atom stereocenters. The van der Waals surface area contributed by atoms with Gasteiger partial charge in [0.2, 0.25) is 5.91 Å². The molecule has 0 aliphatic rings. The lowest BCUT2D eigenvalue weighted by molar-refractivity contribution is -0.123. The van der Waals surface area contributed by atoms with Gasteiger partial charge in [-0.15, -0.1) is 0 Å². The fraction of sp³-hybridized carbons (Fsp3) is 0.929. The van der Waals surface area contributed by atoms with Crippen molar-refractivity contribution < 1.29 is 14.6 Å². The summed E-state index contributed by atoms with van der Waals surface area (Å²) in [7, 11) is 1.60. The van der Waals surface area contributed by atoms with E-state index < -0.39 is 0 Å². The Morgan fingerprint density at radius 3 is 2.44 bits per heavy atom. The Morgan fingerprint density at radius 2 is 2.00 bits per heavy atom. The van der Waals surface area contributed by atoms with Crippen LogP contribution < -0.4 is 5.32 Å². The van der Waals surface area contributed by atoms with Crippen LogP contribution in [0.2, 0.25) is 0 Å². The van der Waals surface area contributed by atoms with Crippen molar-refractivity contribution >= 4 is 5.91 Å². The fourth-order valence-electron chi connectivity index (χ4n) is 2.27. The first-order chi connectivity index (χ1) is 8.28. The lowest BCUT2D eigenvalue weighted by Gasteiger charge is -2.24. The van der Waals surface area contributed by atoms with Crippen molar-refractivity contribution in [2.45, 2.75) is 53.0 Å². The highest BCUT2D eigenvalue weighted by Crippen LogP contribution is 2.25. The van der Waals surface area contributed by atoms with Gasteiger partial charge in [0, 0.05) is 20.1 Å². The van der Waals surface area contributed by atoms with Crippen molar-refractivity contribution in [3.05, 3.63) is 0 Å². The van der Waals surface area contributed by atoms with Crippen LogP contribution in [-0.4, -0.2) is 37.4 Å². The number of aliphatic hydroxyl groups is 1. The Morgan fingerprint density at radius 1 is 1.39 bits per heavy atom. The van der Waals surface area contributed by atoms with Crippen molar-refractivity contribution in [3.63, 3.8) is 0 Å². The van der Waals surface area contributed by atoms with Crippen LogP contribution in [-0.2, 0) is 9.53 Å². The summed E-state index contributed by atoms with van der Waals surface area (Å²) in [6, 6.07) is -0.0886. The minimum atomic E-state index is -0.0886. The zero-order valence-electron chi connectivity index (χ0n) is 12.5. The average Bonchev–Trinajstić information content (AvgIpc) is 2.14. The molecule has 0 saturated carbocycles. The average molecular weight is 259 g/mol. The standard InChI is InChI=1S/C14H29NO3/c1-11(9-14(2,3)4)8-13(17)15-12(6-7-16)10-18-5/h11-12,16H,6-10H2,1-5H3,(H,15,17). The van der Waals surface area contributed by atoms with Crippen molar-refractivity contribution in [1.29, 1.82) is 0 Å². The second kappa shape index (κ2) is 8.48.